The molecule has 0 saturated carbocycles. The third kappa shape index (κ3) is 4.84. The van der Waals surface area contributed by atoms with E-state index in [4.69, 9.17) is 14.2 Å². The number of nitrogens with one attached hydrogen (secondary N) is 2. The van der Waals surface area contributed by atoms with Crippen LogP contribution in [0.2, 0.25) is 0 Å². The molecule has 152 valence electrons. The third-order valence-corrected chi connectivity index (χ3v) is 4.53. The molecule has 2 unspecified atom stereocenters. The number of rotatable bonds is 4. The lowest BCUT2D eigenvalue weighted by atomic mass is 10.1. The van der Waals surface area contributed by atoms with Crippen molar-refractivity contribution in [3.05, 3.63) is 53.6 Å². The maximum atomic E-state index is 12.3. The van der Waals surface area contributed by atoms with Crippen molar-refractivity contribution < 1.29 is 28.6 Å². The summed E-state index contributed by atoms with van der Waals surface area (Å²) in [6.07, 6.45) is -1.60. The average Bonchev–Trinajstić information content (AvgIpc) is 2.69. The highest BCUT2D eigenvalue weighted by atomic mass is 16.6. The molecule has 1 aliphatic rings. The van der Waals surface area contributed by atoms with Crippen molar-refractivity contribution in [2.75, 3.05) is 11.9 Å². The summed E-state index contributed by atoms with van der Waals surface area (Å²) in [5.41, 5.74) is 2.49. The summed E-state index contributed by atoms with van der Waals surface area (Å²) < 4.78 is 16.2. The van der Waals surface area contributed by atoms with Gasteiger partial charge in [0.1, 0.15) is 6.10 Å². The zero-order valence-electron chi connectivity index (χ0n) is 16.4. The van der Waals surface area contributed by atoms with Gasteiger partial charge in [-0.2, -0.15) is 0 Å². The van der Waals surface area contributed by atoms with E-state index in [-0.39, 0.29) is 0 Å². The normalized spacial score (nSPS) is 17.2. The third-order valence-electron chi connectivity index (χ3n) is 4.53. The average molecular weight is 398 g/mol. The SMILES string of the molecule is Cc1cccc(NC(=O)NC(=O)COC(=O)C2Oc3ccccc3OC2C)c1C. The minimum Gasteiger partial charge on any atom is -0.482 e. The lowest BCUT2D eigenvalue weighted by Gasteiger charge is -2.30. The maximum absolute atomic E-state index is 12.3. The Hall–Kier alpha value is -3.55. The Morgan fingerprint density at radius 2 is 1.69 bits per heavy atom. The molecule has 8 nitrogen and oxygen atoms in total. The number of anilines is 1. The molecule has 2 atom stereocenters. The lowest BCUT2D eigenvalue weighted by Crippen LogP contribution is -2.45. The largest absolute Gasteiger partial charge is 0.482 e. The number of aryl methyl sites for hydroxylation is 1. The first-order chi connectivity index (χ1) is 13.8. The van der Waals surface area contributed by atoms with Crippen LogP contribution in [-0.2, 0) is 14.3 Å². The predicted molar refractivity (Wildman–Crippen MR) is 105 cm³/mol. The number of para-hydroxylation sites is 2. The first kappa shape index (κ1) is 20.2. The molecule has 29 heavy (non-hydrogen) atoms. The summed E-state index contributed by atoms with van der Waals surface area (Å²) in [6, 6.07) is 11.7. The van der Waals surface area contributed by atoms with Crippen LogP contribution in [0.5, 0.6) is 11.5 Å². The van der Waals surface area contributed by atoms with Crippen LogP contribution in [0.25, 0.3) is 0 Å². The van der Waals surface area contributed by atoms with Crippen molar-refractivity contribution >= 4 is 23.6 Å². The summed E-state index contributed by atoms with van der Waals surface area (Å²) in [7, 11) is 0. The van der Waals surface area contributed by atoms with Crippen LogP contribution >= 0.6 is 0 Å². The summed E-state index contributed by atoms with van der Waals surface area (Å²) in [4.78, 5) is 36.2. The fourth-order valence-corrected chi connectivity index (χ4v) is 2.80. The quantitative estimate of drug-likeness (QED) is 0.768. The Morgan fingerprint density at radius 1 is 1.00 bits per heavy atom. The van der Waals surface area contributed by atoms with Crippen LogP contribution in [0.15, 0.2) is 42.5 Å². The van der Waals surface area contributed by atoms with Crippen LogP contribution in [0.4, 0.5) is 10.5 Å². The highest BCUT2D eigenvalue weighted by molar-refractivity contribution is 6.02. The number of urea groups is 1. The molecule has 2 aromatic rings. The van der Waals surface area contributed by atoms with Gasteiger partial charge in [-0.25, -0.2) is 9.59 Å². The molecule has 0 bridgehead atoms. The lowest BCUT2D eigenvalue weighted by molar-refractivity contribution is -0.160. The Bertz CT molecular complexity index is 943. The zero-order valence-corrected chi connectivity index (χ0v) is 16.4. The van der Waals surface area contributed by atoms with E-state index in [0.717, 1.165) is 11.1 Å². The van der Waals surface area contributed by atoms with Gasteiger partial charge in [-0.15, -0.1) is 0 Å². The second-order valence-corrected chi connectivity index (χ2v) is 6.67. The first-order valence-electron chi connectivity index (χ1n) is 9.11. The molecule has 2 aromatic carbocycles. The van der Waals surface area contributed by atoms with Gasteiger partial charge in [-0.3, -0.25) is 10.1 Å². The number of fused-ring (bicyclic) bond motifs is 1. The highest BCUT2D eigenvalue weighted by Crippen LogP contribution is 2.33. The van der Waals surface area contributed by atoms with E-state index in [0.29, 0.717) is 17.2 Å². The van der Waals surface area contributed by atoms with Crippen LogP contribution in [-0.4, -0.2) is 36.7 Å². The summed E-state index contributed by atoms with van der Waals surface area (Å²) >= 11 is 0. The first-order valence-corrected chi connectivity index (χ1v) is 9.11. The number of imide groups is 1. The summed E-state index contributed by atoms with van der Waals surface area (Å²) in [5.74, 6) is -0.558. The van der Waals surface area contributed by atoms with Gasteiger partial charge in [0.2, 0.25) is 6.10 Å². The second-order valence-electron chi connectivity index (χ2n) is 6.67. The fraction of sp³-hybridized carbons (Fsp3) is 0.286. The summed E-state index contributed by atoms with van der Waals surface area (Å²) in [5, 5.41) is 4.72. The van der Waals surface area contributed by atoms with Gasteiger partial charge in [0, 0.05) is 5.69 Å². The summed E-state index contributed by atoms with van der Waals surface area (Å²) in [6.45, 7) is 4.83. The van der Waals surface area contributed by atoms with Gasteiger partial charge < -0.3 is 19.5 Å². The molecular weight excluding hydrogens is 376 g/mol. The molecule has 0 aliphatic carbocycles. The topological polar surface area (TPSA) is 103 Å². The van der Waals surface area contributed by atoms with Gasteiger partial charge >= 0.3 is 12.0 Å². The molecule has 0 radical (unpaired) electrons. The molecule has 3 amide bonds. The van der Waals surface area contributed by atoms with Gasteiger partial charge in [0.15, 0.2) is 18.1 Å². The molecular formula is C21H22N2O6. The van der Waals surface area contributed by atoms with Crippen molar-refractivity contribution in [1.29, 1.82) is 0 Å². The van der Waals surface area contributed by atoms with E-state index in [1.165, 1.54) is 0 Å². The predicted octanol–water partition coefficient (Wildman–Crippen LogP) is 2.72. The monoisotopic (exact) mass is 398 g/mol. The Labute approximate surface area is 168 Å². The second kappa shape index (κ2) is 8.64. The Morgan fingerprint density at radius 3 is 2.41 bits per heavy atom. The van der Waals surface area contributed by atoms with Crippen molar-refractivity contribution in [1.82, 2.24) is 5.32 Å². The number of hydrogen-bond acceptors (Lipinski definition) is 6. The van der Waals surface area contributed by atoms with Crippen LogP contribution in [0, 0.1) is 13.8 Å². The maximum Gasteiger partial charge on any atom is 0.351 e. The number of benzene rings is 2. The van der Waals surface area contributed by atoms with Gasteiger partial charge in [0.05, 0.1) is 0 Å². The van der Waals surface area contributed by atoms with Crippen LogP contribution in [0.1, 0.15) is 18.1 Å². The number of carbonyl (C=O) groups is 3. The minimum atomic E-state index is -1.01. The van der Waals surface area contributed by atoms with Crippen molar-refractivity contribution in [2.24, 2.45) is 0 Å². The van der Waals surface area contributed by atoms with E-state index in [1.807, 2.05) is 19.9 Å². The van der Waals surface area contributed by atoms with Gasteiger partial charge in [-0.05, 0) is 50.1 Å². The van der Waals surface area contributed by atoms with E-state index < -0.39 is 36.7 Å². The number of esters is 1. The Balaban J connectivity index is 1.49. The van der Waals surface area contributed by atoms with Crippen molar-refractivity contribution in [3.8, 4) is 11.5 Å². The standard InChI is InChI=1S/C21H22N2O6/c1-12-7-6-8-15(13(12)2)22-21(26)23-18(24)11-27-20(25)19-14(3)28-16-9-4-5-10-17(16)29-19/h4-10,14,19H,11H2,1-3H3,(H2,22,23,24,26). The number of carbonyl (C=O) groups excluding carboxylic acids is 3. The zero-order chi connectivity index (χ0) is 21.0. The molecule has 0 fully saturated rings. The van der Waals surface area contributed by atoms with Gasteiger partial charge in [0.25, 0.3) is 5.91 Å². The number of amides is 3. The van der Waals surface area contributed by atoms with Gasteiger partial charge in [-0.1, -0.05) is 24.3 Å². The fourth-order valence-electron chi connectivity index (χ4n) is 2.80. The van der Waals surface area contributed by atoms with E-state index >= 15 is 0 Å². The number of hydrogen-bond donors (Lipinski definition) is 2. The molecule has 2 N–H and O–H groups in total. The minimum absolute atomic E-state index is 0.421. The molecule has 1 heterocycles. The smallest absolute Gasteiger partial charge is 0.351 e. The van der Waals surface area contributed by atoms with Crippen molar-refractivity contribution in [3.63, 3.8) is 0 Å². The number of ether oxygens (including phenoxy) is 3. The van der Waals surface area contributed by atoms with Crippen LogP contribution in [0.3, 0.4) is 0 Å². The molecule has 0 saturated heterocycles. The molecule has 3 rings (SSSR count). The molecule has 8 heteroatoms. The van der Waals surface area contributed by atoms with E-state index in [1.54, 1.807) is 43.3 Å². The van der Waals surface area contributed by atoms with Crippen molar-refractivity contribution in [2.45, 2.75) is 33.0 Å². The molecule has 0 spiro atoms. The van der Waals surface area contributed by atoms with Crippen LogP contribution < -0.4 is 20.1 Å². The highest BCUT2D eigenvalue weighted by Gasteiger charge is 2.35. The molecule has 1 aliphatic heterocycles. The van der Waals surface area contributed by atoms with E-state index in [2.05, 4.69) is 10.6 Å². The molecule has 0 aromatic heterocycles. The Kier molecular flexibility index (Phi) is 6.01. The van der Waals surface area contributed by atoms with E-state index in [9.17, 15) is 14.4 Å².